The summed E-state index contributed by atoms with van der Waals surface area (Å²) in [6.45, 7) is 0. The average molecular weight is 289 g/mol. The van der Waals surface area contributed by atoms with Crippen molar-refractivity contribution in [3.8, 4) is 0 Å². The smallest absolute Gasteiger partial charge is 0.461 e. The van der Waals surface area contributed by atoms with Gasteiger partial charge in [0.05, 0.1) is 18.4 Å². The van der Waals surface area contributed by atoms with Gasteiger partial charge in [-0.05, 0) is 12.1 Å². The lowest BCUT2D eigenvalue weighted by atomic mass is 10.0. The van der Waals surface area contributed by atoms with Crippen LogP contribution < -0.4 is 4.90 Å². The molecule has 0 unspecified atom stereocenters. The molecule has 0 aliphatic carbocycles. The SMILES string of the molecule is COC(=O)[C@@]1(C(F)(F)F)OC(=O)c2ccccc2N1C. The van der Waals surface area contributed by atoms with E-state index < -0.39 is 23.8 Å². The number of carbonyl (C=O) groups excluding carboxylic acids is 2. The maximum atomic E-state index is 13.3. The number of para-hydroxylation sites is 1. The highest BCUT2D eigenvalue weighted by Crippen LogP contribution is 2.44. The minimum Gasteiger partial charge on any atom is -0.464 e. The van der Waals surface area contributed by atoms with E-state index >= 15 is 0 Å². The summed E-state index contributed by atoms with van der Waals surface area (Å²) in [5.74, 6) is -2.95. The topological polar surface area (TPSA) is 55.8 Å². The van der Waals surface area contributed by atoms with Crippen molar-refractivity contribution in [3.05, 3.63) is 29.8 Å². The summed E-state index contributed by atoms with van der Waals surface area (Å²) in [5, 5.41) is 0. The number of hydrogen-bond donors (Lipinski definition) is 0. The molecule has 8 heteroatoms. The van der Waals surface area contributed by atoms with Gasteiger partial charge in [0.25, 0.3) is 0 Å². The summed E-state index contributed by atoms with van der Waals surface area (Å²) in [4.78, 5) is 23.9. The fourth-order valence-electron chi connectivity index (χ4n) is 2.05. The van der Waals surface area contributed by atoms with Crippen molar-refractivity contribution in [1.82, 2.24) is 0 Å². The van der Waals surface area contributed by atoms with Crippen LogP contribution in [0.2, 0.25) is 0 Å². The molecule has 1 heterocycles. The highest BCUT2D eigenvalue weighted by Gasteiger charge is 2.70. The molecule has 0 radical (unpaired) electrons. The van der Waals surface area contributed by atoms with Gasteiger partial charge < -0.3 is 14.4 Å². The number of esters is 2. The molecule has 108 valence electrons. The van der Waals surface area contributed by atoms with Gasteiger partial charge in [0.2, 0.25) is 0 Å². The highest BCUT2D eigenvalue weighted by atomic mass is 19.4. The third-order valence-corrected chi connectivity index (χ3v) is 3.04. The first kappa shape index (κ1) is 14.2. The molecule has 0 saturated heterocycles. The number of halogens is 3. The first-order valence-electron chi connectivity index (χ1n) is 5.47. The number of benzene rings is 1. The van der Waals surface area contributed by atoms with Crippen molar-refractivity contribution < 1.29 is 32.2 Å². The van der Waals surface area contributed by atoms with Gasteiger partial charge in [0.15, 0.2) is 0 Å². The van der Waals surface area contributed by atoms with Crippen molar-refractivity contribution in [2.24, 2.45) is 0 Å². The second kappa shape index (κ2) is 4.39. The van der Waals surface area contributed by atoms with Crippen LogP contribution in [0.25, 0.3) is 0 Å². The van der Waals surface area contributed by atoms with E-state index in [0.29, 0.717) is 4.90 Å². The van der Waals surface area contributed by atoms with Gasteiger partial charge in [0.1, 0.15) is 0 Å². The highest BCUT2D eigenvalue weighted by molar-refractivity contribution is 6.02. The zero-order valence-corrected chi connectivity index (χ0v) is 10.5. The summed E-state index contributed by atoms with van der Waals surface area (Å²) in [5.41, 5.74) is -3.60. The zero-order valence-electron chi connectivity index (χ0n) is 10.5. The molecular formula is C12H10F3NO4. The first-order chi connectivity index (χ1) is 9.25. The Morgan fingerprint density at radius 3 is 2.50 bits per heavy atom. The van der Waals surface area contributed by atoms with E-state index in [1.807, 2.05) is 0 Å². The van der Waals surface area contributed by atoms with E-state index in [1.165, 1.54) is 24.3 Å². The molecule has 0 bridgehead atoms. The molecule has 0 N–H and O–H groups in total. The Hall–Kier alpha value is -2.25. The third kappa shape index (κ3) is 1.71. The largest absolute Gasteiger partial charge is 0.464 e. The zero-order chi connectivity index (χ0) is 15.1. The predicted octanol–water partition coefficient (Wildman–Crippen LogP) is 1.72. The number of anilines is 1. The fraction of sp³-hybridized carbons (Fsp3) is 0.333. The van der Waals surface area contributed by atoms with Crippen molar-refractivity contribution >= 4 is 17.6 Å². The maximum absolute atomic E-state index is 13.3. The molecule has 1 aromatic carbocycles. The van der Waals surface area contributed by atoms with E-state index in [4.69, 9.17) is 0 Å². The molecule has 0 spiro atoms. The Morgan fingerprint density at radius 1 is 1.35 bits per heavy atom. The van der Waals surface area contributed by atoms with E-state index in [1.54, 1.807) is 0 Å². The Kier molecular flexibility index (Phi) is 3.11. The standard InChI is InChI=1S/C12H10F3NO4/c1-16-8-6-4-3-5-7(8)9(17)20-11(16,10(18)19-2)12(13,14)15/h3-6H,1-2H3/t11-/m0/s1. The number of nitrogens with zero attached hydrogens (tertiary/aromatic N) is 1. The molecule has 0 aromatic heterocycles. The summed E-state index contributed by atoms with van der Waals surface area (Å²) in [6.07, 6.45) is -5.15. The van der Waals surface area contributed by atoms with Crippen LogP contribution in [0.4, 0.5) is 18.9 Å². The molecule has 1 aromatic rings. The molecule has 0 fully saturated rings. The van der Waals surface area contributed by atoms with Crippen molar-refractivity contribution in [2.45, 2.75) is 11.9 Å². The lowest BCUT2D eigenvalue weighted by molar-refractivity contribution is -0.260. The van der Waals surface area contributed by atoms with Crippen LogP contribution in [0.1, 0.15) is 10.4 Å². The van der Waals surface area contributed by atoms with Crippen LogP contribution in [0.3, 0.4) is 0 Å². The number of ether oxygens (including phenoxy) is 2. The second-order valence-electron chi connectivity index (χ2n) is 4.10. The number of cyclic esters (lactones) is 1. The number of fused-ring (bicyclic) bond motifs is 1. The van der Waals surface area contributed by atoms with E-state index in [-0.39, 0.29) is 11.3 Å². The number of carbonyl (C=O) groups is 2. The number of hydrogen-bond acceptors (Lipinski definition) is 5. The van der Waals surface area contributed by atoms with E-state index in [2.05, 4.69) is 9.47 Å². The first-order valence-corrected chi connectivity index (χ1v) is 5.47. The Bertz CT molecular complexity index is 572. The maximum Gasteiger partial charge on any atom is 0.461 e. The van der Waals surface area contributed by atoms with Crippen LogP contribution >= 0.6 is 0 Å². The Labute approximate surface area is 111 Å². The van der Waals surface area contributed by atoms with Gasteiger partial charge >= 0.3 is 23.8 Å². The molecule has 1 aliphatic heterocycles. The predicted molar refractivity (Wildman–Crippen MR) is 61.1 cm³/mol. The molecule has 2 rings (SSSR count). The van der Waals surface area contributed by atoms with Crippen LogP contribution in [-0.2, 0) is 14.3 Å². The lowest BCUT2D eigenvalue weighted by Crippen LogP contribution is -2.68. The van der Waals surface area contributed by atoms with Crippen molar-refractivity contribution in [2.75, 3.05) is 19.1 Å². The van der Waals surface area contributed by atoms with E-state index in [0.717, 1.165) is 14.2 Å². The number of rotatable bonds is 1. The van der Waals surface area contributed by atoms with Crippen LogP contribution in [0.15, 0.2) is 24.3 Å². The van der Waals surface area contributed by atoms with Crippen LogP contribution in [0.5, 0.6) is 0 Å². The van der Waals surface area contributed by atoms with Gasteiger partial charge in [-0.2, -0.15) is 13.2 Å². The fourth-order valence-corrected chi connectivity index (χ4v) is 2.05. The minimum atomic E-state index is -5.15. The lowest BCUT2D eigenvalue weighted by Gasteiger charge is -2.43. The molecule has 1 aliphatic rings. The number of alkyl halides is 3. The van der Waals surface area contributed by atoms with Gasteiger partial charge in [-0.3, -0.25) is 0 Å². The van der Waals surface area contributed by atoms with Crippen molar-refractivity contribution in [1.29, 1.82) is 0 Å². The molecule has 1 atom stereocenters. The Balaban J connectivity index is 2.68. The van der Waals surface area contributed by atoms with Crippen LogP contribution in [-0.4, -0.2) is 38.0 Å². The number of methoxy groups -OCH3 is 1. The normalized spacial score (nSPS) is 22.1. The molecule has 5 nitrogen and oxygen atoms in total. The quantitative estimate of drug-likeness (QED) is 0.737. The van der Waals surface area contributed by atoms with Gasteiger partial charge in [-0.25, -0.2) is 9.59 Å². The third-order valence-electron chi connectivity index (χ3n) is 3.04. The van der Waals surface area contributed by atoms with Crippen LogP contribution in [0, 0.1) is 0 Å². The van der Waals surface area contributed by atoms with Gasteiger partial charge in [0, 0.05) is 7.05 Å². The molecule has 0 saturated carbocycles. The number of likely N-dealkylation sites (N-methyl/N-ethyl adjacent to an activating group) is 1. The molecule has 0 amide bonds. The Morgan fingerprint density at radius 2 is 1.95 bits per heavy atom. The summed E-state index contributed by atoms with van der Waals surface area (Å²) in [6, 6.07) is 5.53. The summed E-state index contributed by atoms with van der Waals surface area (Å²) < 4.78 is 48.6. The average Bonchev–Trinajstić information content (AvgIpc) is 2.40. The summed E-state index contributed by atoms with van der Waals surface area (Å²) >= 11 is 0. The van der Waals surface area contributed by atoms with Gasteiger partial charge in [-0.15, -0.1) is 0 Å². The summed E-state index contributed by atoms with van der Waals surface area (Å²) in [7, 11) is 1.80. The monoisotopic (exact) mass is 289 g/mol. The molecular weight excluding hydrogens is 279 g/mol. The second-order valence-corrected chi connectivity index (χ2v) is 4.10. The van der Waals surface area contributed by atoms with Gasteiger partial charge in [-0.1, -0.05) is 12.1 Å². The van der Waals surface area contributed by atoms with Crippen molar-refractivity contribution in [3.63, 3.8) is 0 Å². The molecule has 20 heavy (non-hydrogen) atoms. The minimum absolute atomic E-state index is 0.0567. The van der Waals surface area contributed by atoms with E-state index in [9.17, 15) is 22.8 Å².